The van der Waals surface area contributed by atoms with Crippen LogP contribution in [0.2, 0.25) is 0 Å². The normalized spacial score (nSPS) is 18.4. The average Bonchev–Trinajstić information content (AvgIpc) is 3.46. The first-order chi connectivity index (χ1) is 16.1. The maximum absolute atomic E-state index is 13.0. The Balaban J connectivity index is 1.18. The van der Waals surface area contributed by atoms with E-state index in [0.717, 1.165) is 37.9 Å². The molecule has 2 aliphatic heterocycles. The molecule has 1 N–H and O–H groups in total. The first-order valence-electron chi connectivity index (χ1n) is 11.7. The van der Waals surface area contributed by atoms with E-state index in [2.05, 4.69) is 22.4 Å². The van der Waals surface area contributed by atoms with E-state index in [0.29, 0.717) is 42.2 Å². The molecule has 0 aromatic heterocycles. The van der Waals surface area contributed by atoms with Crippen LogP contribution in [0, 0.1) is 0 Å². The largest absolute Gasteiger partial charge is 0.493 e. The number of nitrogens with zero attached hydrogens (tertiary/aromatic N) is 2. The summed E-state index contributed by atoms with van der Waals surface area (Å²) in [5.41, 5.74) is 4.72. The second kappa shape index (κ2) is 9.25. The van der Waals surface area contributed by atoms with Crippen LogP contribution in [0.1, 0.15) is 53.6 Å². The molecule has 7 nitrogen and oxygen atoms in total. The van der Waals surface area contributed by atoms with Crippen molar-refractivity contribution in [1.82, 2.24) is 4.90 Å². The van der Waals surface area contributed by atoms with E-state index < -0.39 is 0 Å². The van der Waals surface area contributed by atoms with Crippen LogP contribution in [-0.2, 0) is 17.6 Å². The molecule has 2 aromatic carbocycles. The predicted octanol–water partition coefficient (Wildman–Crippen LogP) is 4.30. The number of ether oxygens (including phenoxy) is 2. The van der Waals surface area contributed by atoms with Crippen LogP contribution in [0.4, 0.5) is 11.4 Å². The maximum atomic E-state index is 13.0. The standard InChI is InChI=1S/C26H29N3O4/c1-32-23-14-21-22(27-16-20-7-3-11-29(20)26(21)31)15-24(23)33-12-4-8-25(30)28-19-10-9-17-5-2-6-18(17)13-19/h9-10,13-16,20H,2-8,11-12H2,1H3,(H,28,30)/t20-/m0/s1. The highest BCUT2D eigenvalue weighted by atomic mass is 16.5. The Kier molecular flexibility index (Phi) is 6.03. The van der Waals surface area contributed by atoms with Gasteiger partial charge in [0.1, 0.15) is 0 Å². The molecule has 7 heteroatoms. The summed E-state index contributed by atoms with van der Waals surface area (Å²) in [5, 5.41) is 2.98. The van der Waals surface area contributed by atoms with Crippen LogP contribution < -0.4 is 14.8 Å². The third-order valence-corrected chi connectivity index (χ3v) is 6.65. The van der Waals surface area contributed by atoms with Crippen molar-refractivity contribution in [2.24, 2.45) is 4.99 Å². The summed E-state index contributed by atoms with van der Waals surface area (Å²) in [7, 11) is 1.56. The van der Waals surface area contributed by atoms with Crippen molar-refractivity contribution in [2.45, 2.75) is 51.0 Å². The van der Waals surface area contributed by atoms with Crippen LogP contribution in [0.25, 0.3) is 0 Å². The fourth-order valence-corrected chi connectivity index (χ4v) is 4.91. The number of benzene rings is 2. The molecule has 0 unspecified atom stereocenters. The summed E-state index contributed by atoms with van der Waals surface area (Å²) < 4.78 is 11.4. The molecule has 1 atom stereocenters. The number of hydrogen-bond acceptors (Lipinski definition) is 5. The summed E-state index contributed by atoms with van der Waals surface area (Å²) in [5.74, 6) is 0.985. The van der Waals surface area contributed by atoms with Gasteiger partial charge in [0.05, 0.1) is 31.0 Å². The number of aliphatic imine (C=N–C) groups is 1. The second-order valence-corrected chi connectivity index (χ2v) is 8.84. The van der Waals surface area contributed by atoms with Crippen molar-refractivity contribution in [1.29, 1.82) is 0 Å². The molecular formula is C26H29N3O4. The topological polar surface area (TPSA) is 80.2 Å². The Morgan fingerprint density at radius 2 is 2.03 bits per heavy atom. The Morgan fingerprint density at radius 3 is 2.91 bits per heavy atom. The molecular weight excluding hydrogens is 418 g/mol. The highest BCUT2D eigenvalue weighted by molar-refractivity contribution is 6.03. The van der Waals surface area contributed by atoms with Gasteiger partial charge < -0.3 is 19.7 Å². The van der Waals surface area contributed by atoms with Gasteiger partial charge in [0.15, 0.2) is 11.5 Å². The number of carbonyl (C=O) groups excluding carboxylic acids is 2. The fraction of sp³-hybridized carbons (Fsp3) is 0.423. The van der Waals surface area contributed by atoms with Gasteiger partial charge in [0.2, 0.25) is 5.91 Å². The Bertz CT molecular complexity index is 1110. The number of hydrogen-bond donors (Lipinski definition) is 1. The Morgan fingerprint density at radius 1 is 1.15 bits per heavy atom. The molecule has 2 amide bonds. The van der Waals surface area contributed by atoms with E-state index in [-0.39, 0.29) is 17.9 Å². The van der Waals surface area contributed by atoms with Crippen molar-refractivity contribution in [2.75, 3.05) is 25.6 Å². The zero-order chi connectivity index (χ0) is 22.8. The van der Waals surface area contributed by atoms with E-state index in [1.54, 1.807) is 19.2 Å². The molecule has 0 spiro atoms. The molecule has 1 fully saturated rings. The maximum Gasteiger partial charge on any atom is 0.256 e. The van der Waals surface area contributed by atoms with Gasteiger partial charge in [-0.25, -0.2) is 0 Å². The molecule has 5 rings (SSSR count). The van der Waals surface area contributed by atoms with Gasteiger partial charge in [-0.15, -0.1) is 0 Å². The van der Waals surface area contributed by atoms with Crippen molar-refractivity contribution >= 4 is 29.4 Å². The molecule has 3 aliphatic rings. The van der Waals surface area contributed by atoms with Gasteiger partial charge >= 0.3 is 0 Å². The fourth-order valence-electron chi connectivity index (χ4n) is 4.91. The van der Waals surface area contributed by atoms with E-state index >= 15 is 0 Å². The van der Waals surface area contributed by atoms with Crippen molar-refractivity contribution in [3.63, 3.8) is 0 Å². The average molecular weight is 448 g/mol. The number of methoxy groups -OCH3 is 1. The Hall–Kier alpha value is -3.35. The zero-order valence-corrected chi connectivity index (χ0v) is 18.9. The monoisotopic (exact) mass is 447 g/mol. The van der Waals surface area contributed by atoms with Crippen LogP contribution >= 0.6 is 0 Å². The van der Waals surface area contributed by atoms with Crippen molar-refractivity contribution < 1.29 is 19.1 Å². The smallest absolute Gasteiger partial charge is 0.256 e. The lowest BCUT2D eigenvalue weighted by Crippen LogP contribution is -2.35. The number of amides is 2. The van der Waals surface area contributed by atoms with Gasteiger partial charge in [-0.05, 0) is 67.9 Å². The van der Waals surface area contributed by atoms with Crippen LogP contribution in [0.15, 0.2) is 35.3 Å². The van der Waals surface area contributed by atoms with E-state index in [4.69, 9.17) is 9.47 Å². The minimum atomic E-state index is -0.0266. The third kappa shape index (κ3) is 4.45. The summed E-state index contributed by atoms with van der Waals surface area (Å²) >= 11 is 0. The van der Waals surface area contributed by atoms with Crippen LogP contribution in [0.5, 0.6) is 11.5 Å². The second-order valence-electron chi connectivity index (χ2n) is 8.84. The SMILES string of the molecule is COc1cc2c(cc1OCCCC(=O)Nc1ccc3c(c1)CCC3)N=C[C@@H]1CCCN1C2=O. The first-order valence-corrected chi connectivity index (χ1v) is 11.7. The summed E-state index contributed by atoms with van der Waals surface area (Å²) in [6.07, 6.45) is 8.13. The number of carbonyl (C=O) groups is 2. The molecule has 1 saturated heterocycles. The first kappa shape index (κ1) is 21.5. The number of aryl methyl sites for hydroxylation is 2. The van der Waals surface area contributed by atoms with Gasteiger partial charge in [-0.2, -0.15) is 0 Å². The number of anilines is 1. The van der Waals surface area contributed by atoms with Crippen molar-refractivity contribution in [3.8, 4) is 11.5 Å². The number of rotatable bonds is 7. The lowest BCUT2D eigenvalue weighted by atomic mass is 10.1. The highest BCUT2D eigenvalue weighted by Crippen LogP contribution is 2.38. The number of nitrogens with one attached hydrogen (secondary N) is 1. The molecule has 0 bridgehead atoms. The van der Waals surface area contributed by atoms with Gasteiger partial charge in [0.25, 0.3) is 5.91 Å². The molecule has 0 saturated carbocycles. The minimum Gasteiger partial charge on any atom is -0.493 e. The molecule has 2 aromatic rings. The molecule has 172 valence electrons. The molecule has 0 radical (unpaired) electrons. The predicted molar refractivity (Wildman–Crippen MR) is 127 cm³/mol. The lowest BCUT2D eigenvalue weighted by molar-refractivity contribution is -0.116. The van der Waals surface area contributed by atoms with Gasteiger partial charge in [0, 0.05) is 30.9 Å². The van der Waals surface area contributed by atoms with E-state index in [1.165, 1.54) is 17.5 Å². The quantitative estimate of drug-likeness (QED) is 0.642. The molecule has 1 aliphatic carbocycles. The molecule has 2 heterocycles. The molecule has 33 heavy (non-hydrogen) atoms. The lowest BCUT2D eigenvalue weighted by Gasteiger charge is -2.20. The number of fused-ring (bicyclic) bond motifs is 3. The van der Waals surface area contributed by atoms with Gasteiger partial charge in [-0.1, -0.05) is 6.07 Å². The van der Waals surface area contributed by atoms with E-state index in [1.807, 2.05) is 17.2 Å². The third-order valence-electron chi connectivity index (χ3n) is 6.65. The summed E-state index contributed by atoms with van der Waals surface area (Å²) in [6.45, 7) is 1.11. The van der Waals surface area contributed by atoms with Gasteiger partial charge in [-0.3, -0.25) is 14.6 Å². The van der Waals surface area contributed by atoms with Crippen LogP contribution in [-0.4, -0.2) is 49.2 Å². The Labute approximate surface area is 193 Å². The van der Waals surface area contributed by atoms with Crippen LogP contribution in [0.3, 0.4) is 0 Å². The van der Waals surface area contributed by atoms with E-state index in [9.17, 15) is 9.59 Å². The van der Waals surface area contributed by atoms with Crippen molar-refractivity contribution in [3.05, 3.63) is 47.0 Å². The highest BCUT2D eigenvalue weighted by Gasteiger charge is 2.32. The summed E-state index contributed by atoms with van der Waals surface area (Å²) in [6, 6.07) is 9.71. The minimum absolute atomic E-state index is 0.0157. The summed E-state index contributed by atoms with van der Waals surface area (Å²) in [4.78, 5) is 31.7. The zero-order valence-electron chi connectivity index (χ0n) is 18.9.